The van der Waals surface area contributed by atoms with Gasteiger partial charge in [0.1, 0.15) is 5.78 Å². The summed E-state index contributed by atoms with van der Waals surface area (Å²) in [4.78, 5) is 33.4. The second-order valence-electron chi connectivity index (χ2n) is 3.75. The molecule has 1 aromatic rings. The Kier molecular flexibility index (Phi) is 3.55. The summed E-state index contributed by atoms with van der Waals surface area (Å²) in [7, 11) is 0. The molecule has 0 atom stereocenters. The molecule has 0 aliphatic heterocycles. The molecule has 0 saturated heterocycles. The molecule has 1 aromatic carbocycles. The van der Waals surface area contributed by atoms with E-state index in [1.54, 1.807) is 19.1 Å². The molecule has 0 spiro atoms. The number of Topliss-reactive ketones (excluding diaryl/α,β-unsaturated/α-hetero) is 2. The van der Waals surface area contributed by atoms with Crippen LogP contribution in [0, 0.1) is 6.92 Å². The van der Waals surface area contributed by atoms with Gasteiger partial charge in [-0.05, 0) is 37.6 Å². The lowest BCUT2D eigenvalue weighted by Crippen LogP contribution is -2.13. The normalized spacial score (nSPS) is 9.88. The van der Waals surface area contributed by atoms with E-state index in [1.165, 1.54) is 13.0 Å². The van der Waals surface area contributed by atoms with Crippen molar-refractivity contribution in [1.82, 2.24) is 0 Å². The minimum atomic E-state index is -0.583. The van der Waals surface area contributed by atoms with E-state index in [0.717, 1.165) is 5.56 Å². The van der Waals surface area contributed by atoms with Crippen LogP contribution in [-0.4, -0.2) is 17.5 Å². The monoisotopic (exact) mass is 219 g/mol. The molecular formula is C12H13NO3. The lowest BCUT2D eigenvalue weighted by Gasteiger charge is -2.03. The van der Waals surface area contributed by atoms with Gasteiger partial charge in [0, 0.05) is 11.1 Å². The molecule has 2 N–H and O–H groups in total. The summed E-state index contributed by atoms with van der Waals surface area (Å²) < 4.78 is 0. The van der Waals surface area contributed by atoms with Crippen LogP contribution in [0.25, 0.3) is 0 Å². The molecule has 84 valence electrons. The highest BCUT2D eigenvalue weighted by atomic mass is 16.2. The van der Waals surface area contributed by atoms with Gasteiger partial charge in [0.05, 0.1) is 6.42 Å². The summed E-state index contributed by atoms with van der Waals surface area (Å²) in [5, 5.41) is 0. The Balaban J connectivity index is 3.09. The van der Waals surface area contributed by atoms with Crippen LogP contribution in [0.15, 0.2) is 18.2 Å². The second-order valence-corrected chi connectivity index (χ2v) is 3.75. The maximum atomic E-state index is 11.6. The smallest absolute Gasteiger partial charge is 0.248 e. The van der Waals surface area contributed by atoms with E-state index < -0.39 is 5.91 Å². The van der Waals surface area contributed by atoms with E-state index in [4.69, 9.17) is 5.73 Å². The van der Waals surface area contributed by atoms with Gasteiger partial charge in [0.15, 0.2) is 5.78 Å². The number of hydrogen-bond acceptors (Lipinski definition) is 3. The molecule has 0 saturated carbocycles. The number of primary amides is 1. The fourth-order valence-corrected chi connectivity index (χ4v) is 1.41. The Bertz CT molecular complexity index is 463. The molecular weight excluding hydrogens is 206 g/mol. The number of rotatable bonds is 4. The van der Waals surface area contributed by atoms with Crippen molar-refractivity contribution in [3.63, 3.8) is 0 Å². The molecule has 0 fully saturated rings. The standard InChI is InChI=1S/C12H13NO3/c1-7-3-9(11(15)5-8(2)14)6-10(4-7)12(13)16/h3-4,6H,5H2,1-2H3,(H2,13,16). The van der Waals surface area contributed by atoms with Crippen LogP contribution in [0.3, 0.4) is 0 Å². The minimum Gasteiger partial charge on any atom is -0.366 e. The number of amides is 1. The van der Waals surface area contributed by atoms with E-state index in [1.807, 2.05) is 0 Å². The third-order valence-electron chi connectivity index (χ3n) is 2.09. The molecule has 16 heavy (non-hydrogen) atoms. The Morgan fingerprint density at radius 1 is 1.12 bits per heavy atom. The van der Waals surface area contributed by atoms with Crippen LogP contribution < -0.4 is 5.73 Å². The van der Waals surface area contributed by atoms with Gasteiger partial charge in [-0.1, -0.05) is 0 Å². The lowest BCUT2D eigenvalue weighted by atomic mass is 10.0. The quantitative estimate of drug-likeness (QED) is 0.611. The van der Waals surface area contributed by atoms with Crippen molar-refractivity contribution in [2.75, 3.05) is 0 Å². The largest absolute Gasteiger partial charge is 0.366 e. The molecule has 4 heteroatoms. The molecule has 1 amide bonds. The highest BCUT2D eigenvalue weighted by Gasteiger charge is 2.11. The number of carbonyl (C=O) groups excluding carboxylic acids is 3. The molecule has 0 unspecified atom stereocenters. The average molecular weight is 219 g/mol. The predicted molar refractivity (Wildman–Crippen MR) is 59.3 cm³/mol. The van der Waals surface area contributed by atoms with Crippen LogP contribution in [0.2, 0.25) is 0 Å². The van der Waals surface area contributed by atoms with Crippen LogP contribution in [0.5, 0.6) is 0 Å². The number of ketones is 2. The zero-order valence-corrected chi connectivity index (χ0v) is 9.24. The number of nitrogens with two attached hydrogens (primary N) is 1. The summed E-state index contributed by atoms with van der Waals surface area (Å²) in [6.45, 7) is 3.11. The van der Waals surface area contributed by atoms with Gasteiger partial charge >= 0.3 is 0 Å². The first-order valence-corrected chi connectivity index (χ1v) is 4.84. The third-order valence-corrected chi connectivity index (χ3v) is 2.09. The van der Waals surface area contributed by atoms with Gasteiger partial charge < -0.3 is 5.73 Å². The second kappa shape index (κ2) is 4.70. The predicted octanol–water partition coefficient (Wildman–Crippen LogP) is 1.26. The molecule has 0 bridgehead atoms. The highest BCUT2D eigenvalue weighted by Crippen LogP contribution is 2.11. The topological polar surface area (TPSA) is 77.2 Å². The van der Waals surface area contributed by atoms with Crippen LogP contribution in [-0.2, 0) is 4.79 Å². The van der Waals surface area contributed by atoms with E-state index >= 15 is 0 Å². The van der Waals surface area contributed by atoms with E-state index in [2.05, 4.69) is 0 Å². The maximum absolute atomic E-state index is 11.6. The van der Waals surface area contributed by atoms with Crippen LogP contribution in [0.1, 0.15) is 39.6 Å². The van der Waals surface area contributed by atoms with Crippen LogP contribution in [0.4, 0.5) is 0 Å². The molecule has 4 nitrogen and oxygen atoms in total. The van der Waals surface area contributed by atoms with Crippen molar-refractivity contribution < 1.29 is 14.4 Å². The lowest BCUT2D eigenvalue weighted by molar-refractivity contribution is -0.116. The van der Waals surface area contributed by atoms with Gasteiger partial charge in [0.25, 0.3) is 0 Å². The summed E-state index contributed by atoms with van der Waals surface area (Å²) in [5.74, 6) is -1.08. The minimum absolute atomic E-state index is 0.151. The summed E-state index contributed by atoms with van der Waals surface area (Å²) >= 11 is 0. The third kappa shape index (κ3) is 3.02. The summed E-state index contributed by atoms with van der Waals surface area (Å²) in [6, 6.07) is 4.66. The van der Waals surface area contributed by atoms with Gasteiger partial charge in [-0.25, -0.2) is 0 Å². The Labute approximate surface area is 93.4 Å². The van der Waals surface area contributed by atoms with Gasteiger partial charge in [-0.3, -0.25) is 14.4 Å². The summed E-state index contributed by atoms with van der Waals surface area (Å²) in [5.41, 5.74) is 6.54. The van der Waals surface area contributed by atoms with Crippen molar-refractivity contribution in [3.8, 4) is 0 Å². The van der Waals surface area contributed by atoms with E-state index in [-0.39, 0.29) is 23.6 Å². The Hall–Kier alpha value is -1.97. The average Bonchev–Trinajstić information content (AvgIpc) is 2.15. The van der Waals surface area contributed by atoms with E-state index in [0.29, 0.717) is 5.56 Å². The zero-order valence-electron chi connectivity index (χ0n) is 9.24. The van der Waals surface area contributed by atoms with Crippen molar-refractivity contribution in [3.05, 3.63) is 34.9 Å². The number of aryl methyl sites for hydroxylation is 1. The Morgan fingerprint density at radius 2 is 1.69 bits per heavy atom. The molecule has 0 aromatic heterocycles. The SMILES string of the molecule is CC(=O)CC(=O)c1cc(C)cc(C(N)=O)c1. The first-order chi connectivity index (χ1) is 7.40. The van der Waals surface area contributed by atoms with Crippen molar-refractivity contribution >= 4 is 17.5 Å². The van der Waals surface area contributed by atoms with Gasteiger partial charge in [-0.15, -0.1) is 0 Å². The Morgan fingerprint density at radius 3 is 2.19 bits per heavy atom. The van der Waals surface area contributed by atoms with Crippen molar-refractivity contribution in [2.24, 2.45) is 5.73 Å². The zero-order chi connectivity index (χ0) is 12.3. The summed E-state index contributed by atoms with van der Waals surface area (Å²) in [6.07, 6.45) is -0.151. The molecule has 0 radical (unpaired) electrons. The number of benzene rings is 1. The molecule has 0 aliphatic carbocycles. The number of carbonyl (C=O) groups is 3. The molecule has 1 rings (SSSR count). The highest BCUT2D eigenvalue weighted by molar-refractivity contribution is 6.08. The molecule has 0 aliphatic rings. The van der Waals surface area contributed by atoms with E-state index in [9.17, 15) is 14.4 Å². The van der Waals surface area contributed by atoms with Gasteiger partial charge in [0.2, 0.25) is 5.91 Å². The fourth-order valence-electron chi connectivity index (χ4n) is 1.41. The maximum Gasteiger partial charge on any atom is 0.248 e. The van der Waals surface area contributed by atoms with Gasteiger partial charge in [-0.2, -0.15) is 0 Å². The van der Waals surface area contributed by atoms with Crippen molar-refractivity contribution in [1.29, 1.82) is 0 Å². The van der Waals surface area contributed by atoms with Crippen LogP contribution >= 0.6 is 0 Å². The fraction of sp³-hybridized carbons (Fsp3) is 0.250. The first-order valence-electron chi connectivity index (χ1n) is 4.84. The van der Waals surface area contributed by atoms with Crippen molar-refractivity contribution in [2.45, 2.75) is 20.3 Å². The first kappa shape index (κ1) is 12.1. The number of hydrogen-bond donors (Lipinski definition) is 1. The molecule has 0 heterocycles.